The number of benzene rings is 2. The van der Waals surface area contributed by atoms with Crippen molar-refractivity contribution in [3.05, 3.63) is 52.5 Å². The zero-order chi connectivity index (χ0) is 14.8. The van der Waals surface area contributed by atoms with Gasteiger partial charge in [-0.25, -0.2) is 0 Å². The molecule has 0 atom stereocenters. The molecule has 0 fully saturated rings. The van der Waals surface area contributed by atoms with E-state index in [-0.39, 0.29) is 5.91 Å². The van der Waals surface area contributed by atoms with Crippen LogP contribution in [0.15, 0.2) is 46.9 Å². The Morgan fingerprint density at radius 1 is 1.29 bits per heavy atom. The number of rotatable bonds is 2. The van der Waals surface area contributed by atoms with Gasteiger partial charge in [-0.05, 0) is 30.3 Å². The van der Waals surface area contributed by atoms with Gasteiger partial charge in [0.2, 0.25) is 0 Å². The number of para-hydroxylation sites is 2. The Morgan fingerprint density at radius 2 is 2.10 bits per heavy atom. The molecule has 0 saturated carbocycles. The monoisotopic (exact) mass is 347 g/mol. The normalized spacial score (nSPS) is 13.3. The quantitative estimate of drug-likeness (QED) is 0.834. The number of nitrogens with zero attached hydrogens (tertiary/aromatic N) is 1. The van der Waals surface area contributed by atoms with Crippen LogP contribution in [-0.4, -0.2) is 26.2 Å². The highest BCUT2D eigenvalue weighted by Crippen LogP contribution is 2.33. The third kappa shape index (κ3) is 2.61. The minimum absolute atomic E-state index is 0.0879. The second-order valence-electron chi connectivity index (χ2n) is 4.62. The summed E-state index contributed by atoms with van der Waals surface area (Å²) >= 11 is 3.38. The van der Waals surface area contributed by atoms with Crippen molar-refractivity contribution in [3.63, 3.8) is 0 Å². The molecule has 0 N–H and O–H groups in total. The van der Waals surface area contributed by atoms with Gasteiger partial charge < -0.3 is 14.4 Å². The van der Waals surface area contributed by atoms with Gasteiger partial charge in [0.05, 0.1) is 24.9 Å². The van der Waals surface area contributed by atoms with Crippen molar-refractivity contribution in [1.29, 1.82) is 0 Å². The first-order valence-corrected chi connectivity index (χ1v) is 7.37. The fourth-order valence-corrected chi connectivity index (χ4v) is 2.71. The molecule has 4 nitrogen and oxygen atoms in total. The third-order valence-electron chi connectivity index (χ3n) is 3.37. The number of carbonyl (C=O) groups excluding carboxylic acids is 1. The van der Waals surface area contributed by atoms with Crippen molar-refractivity contribution in [2.24, 2.45) is 0 Å². The van der Waals surface area contributed by atoms with Crippen LogP contribution < -0.4 is 14.4 Å². The molecule has 0 bridgehead atoms. The molecule has 21 heavy (non-hydrogen) atoms. The second-order valence-corrected chi connectivity index (χ2v) is 5.53. The van der Waals surface area contributed by atoms with E-state index >= 15 is 0 Å². The topological polar surface area (TPSA) is 38.8 Å². The number of methoxy groups -OCH3 is 1. The van der Waals surface area contributed by atoms with E-state index in [0.29, 0.717) is 24.5 Å². The van der Waals surface area contributed by atoms with Crippen molar-refractivity contribution in [1.82, 2.24) is 0 Å². The fourth-order valence-electron chi connectivity index (χ4n) is 2.37. The molecule has 2 aromatic rings. The Hall–Kier alpha value is -2.01. The van der Waals surface area contributed by atoms with Crippen LogP contribution in [0.3, 0.4) is 0 Å². The predicted octanol–water partition coefficient (Wildman–Crippen LogP) is 3.50. The molecule has 0 saturated heterocycles. The standard InChI is InChI=1S/C16H14BrNO3/c1-20-15-10-11(17)6-7-12(15)16(19)18-8-9-21-14-5-3-2-4-13(14)18/h2-7,10H,8-9H2,1H3. The van der Waals surface area contributed by atoms with Crippen LogP contribution in [0.1, 0.15) is 10.4 Å². The molecule has 5 heteroatoms. The molecule has 108 valence electrons. The van der Waals surface area contributed by atoms with Gasteiger partial charge in [-0.2, -0.15) is 0 Å². The van der Waals surface area contributed by atoms with E-state index in [0.717, 1.165) is 15.9 Å². The fraction of sp³-hybridized carbons (Fsp3) is 0.188. The Bertz CT molecular complexity index is 687. The number of fused-ring (bicyclic) bond motifs is 1. The minimum Gasteiger partial charge on any atom is -0.496 e. The lowest BCUT2D eigenvalue weighted by Gasteiger charge is -2.29. The number of carbonyl (C=O) groups is 1. The highest BCUT2D eigenvalue weighted by molar-refractivity contribution is 9.10. The first kappa shape index (κ1) is 13.9. The van der Waals surface area contributed by atoms with Crippen molar-refractivity contribution in [2.45, 2.75) is 0 Å². The maximum absolute atomic E-state index is 12.8. The van der Waals surface area contributed by atoms with E-state index in [1.165, 1.54) is 0 Å². The lowest BCUT2D eigenvalue weighted by Crippen LogP contribution is -2.38. The maximum atomic E-state index is 12.8. The summed E-state index contributed by atoms with van der Waals surface area (Å²) < 4.78 is 11.8. The summed E-state index contributed by atoms with van der Waals surface area (Å²) in [4.78, 5) is 14.6. The zero-order valence-corrected chi connectivity index (χ0v) is 13.1. The van der Waals surface area contributed by atoms with E-state index in [1.54, 1.807) is 24.1 Å². The van der Waals surface area contributed by atoms with Crippen LogP contribution in [0.25, 0.3) is 0 Å². The first-order valence-electron chi connectivity index (χ1n) is 6.58. The van der Waals surface area contributed by atoms with Crippen LogP contribution >= 0.6 is 15.9 Å². The summed E-state index contributed by atoms with van der Waals surface area (Å²) in [5.74, 6) is 1.20. The smallest absolute Gasteiger partial charge is 0.262 e. The van der Waals surface area contributed by atoms with Crippen LogP contribution in [0.2, 0.25) is 0 Å². The van der Waals surface area contributed by atoms with Crippen molar-refractivity contribution in [2.75, 3.05) is 25.2 Å². The zero-order valence-electron chi connectivity index (χ0n) is 11.5. The van der Waals surface area contributed by atoms with Gasteiger partial charge in [-0.1, -0.05) is 28.1 Å². The summed E-state index contributed by atoms with van der Waals surface area (Å²) in [5, 5.41) is 0. The summed E-state index contributed by atoms with van der Waals surface area (Å²) in [5.41, 5.74) is 1.33. The van der Waals surface area contributed by atoms with Crippen molar-refractivity contribution < 1.29 is 14.3 Å². The highest BCUT2D eigenvalue weighted by atomic mass is 79.9. The summed E-state index contributed by atoms with van der Waals surface area (Å²) in [7, 11) is 1.56. The number of anilines is 1. The minimum atomic E-state index is -0.0879. The molecule has 1 aliphatic rings. The van der Waals surface area contributed by atoms with E-state index in [2.05, 4.69) is 15.9 Å². The predicted molar refractivity (Wildman–Crippen MR) is 84.3 cm³/mol. The Kier molecular flexibility index (Phi) is 3.84. The van der Waals surface area contributed by atoms with Crippen LogP contribution in [0, 0.1) is 0 Å². The van der Waals surface area contributed by atoms with Crippen molar-refractivity contribution in [3.8, 4) is 11.5 Å². The molecule has 1 heterocycles. The van der Waals surface area contributed by atoms with E-state index < -0.39 is 0 Å². The van der Waals surface area contributed by atoms with Crippen LogP contribution in [0.4, 0.5) is 5.69 Å². The number of hydrogen-bond acceptors (Lipinski definition) is 3. The Balaban J connectivity index is 2.00. The molecule has 0 radical (unpaired) electrons. The summed E-state index contributed by atoms with van der Waals surface area (Å²) in [6, 6.07) is 12.9. The SMILES string of the molecule is COc1cc(Br)ccc1C(=O)N1CCOc2ccccc21. The first-order chi connectivity index (χ1) is 10.2. The maximum Gasteiger partial charge on any atom is 0.262 e. The molecule has 2 aromatic carbocycles. The molecule has 3 rings (SSSR count). The molecule has 0 spiro atoms. The highest BCUT2D eigenvalue weighted by Gasteiger charge is 2.26. The molecule has 0 unspecified atom stereocenters. The second kappa shape index (κ2) is 5.77. The van der Waals surface area contributed by atoms with Crippen LogP contribution in [-0.2, 0) is 0 Å². The van der Waals surface area contributed by atoms with E-state index in [4.69, 9.17) is 9.47 Å². The third-order valence-corrected chi connectivity index (χ3v) is 3.86. The van der Waals surface area contributed by atoms with Gasteiger partial charge in [0.15, 0.2) is 0 Å². The van der Waals surface area contributed by atoms with E-state index in [1.807, 2.05) is 30.3 Å². The molecule has 0 aliphatic carbocycles. The van der Waals surface area contributed by atoms with Crippen molar-refractivity contribution >= 4 is 27.5 Å². The molecular weight excluding hydrogens is 334 g/mol. The number of halogens is 1. The van der Waals surface area contributed by atoms with E-state index in [9.17, 15) is 4.79 Å². The average Bonchev–Trinajstić information content (AvgIpc) is 2.53. The number of amides is 1. The summed E-state index contributed by atoms with van der Waals surface area (Å²) in [6.07, 6.45) is 0. The average molecular weight is 348 g/mol. The molecule has 1 amide bonds. The number of ether oxygens (including phenoxy) is 2. The van der Waals surface area contributed by atoms with Gasteiger partial charge in [0.25, 0.3) is 5.91 Å². The molecule has 0 aromatic heterocycles. The Morgan fingerprint density at radius 3 is 2.90 bits per heavy atom. The van der Waals surface area contributed by atoms with Gasteiger partial charge in [0, 0.05) is 4.47 Å². The van der Waals surface area contributed by atoms with Gasteiger partial charge in [0.1, 0.15) is 18.1 Å². The Labute approximate surface area is 131 Å². The van der Waals surface area contributed by atoms with Gasteiger partial charge in [-0.15, -0.1) is 0 Å². The lowest BCUT2D eigenvalue weighted by atomic mass is 10.1. The largest absolute Gasteiger partial charge is 0.496 e. The van der Waals surface area contributed by atoms with Gasteiger partial charge in [-0.3, -0.25) is 4.79 Å². The van der Waals surface area contributed by atoms with Crippen LogP contribution in [0.5, 0.6) is 11.5 Å². The van der Waals surface area contributed by atoms with Gasteiger partial charge >= 0.3 is 0 Å². The summed E-state index contributed by atoms with van der Waals surface area (Å²) in [6.45, 7) is 1.01. The lowest BCUT2D eigenvalue weighted by molar-refractivity contribution is 0.0973. The molecule has 1 aliphatic heterocycles. The molecular formula is C16H14BrNO3. The number of hydrogen-bond donors (Lipinski definition) is 0.